The van der Waals surface area contributed by atoms with Crippen molar-refractivity contribution >= 4 is 20.0 Å². The summed E-state index contributed by atoms with van der Waals surface area (Å²) in [6, 6.07) is 0. The SMILES string of the molecule is C[P+](=O)OC(CC(=O)O)C(=O)O. The number of hydrogen-bond acceptors (Lipinski definition) is 4. The molecule has 2 atom stereocenters. The summed E-state index contributed by atoms with van der Waals surface area (Å²) < 4.78 is 14.8. The predicted molar refractivity (Wildman–Crippen MR) is 38.3 cm³/mol. The molecule has 2 N–H and O–H groups in total. The van der Waals surface area contributed by atoms with Gasteiger partial charge in [0.05, 0.1) is 6.42 Å². The first kappa shape index (κ1) is 11.0. The van der Waals surface area contributed by atoms with Crippen LogP contribution in [0.25, 0.3) is 0 Å². The van der Waals surface area contributed by atoms with Gasteiger partial charge < -0.3 is 10.2 Å². The molecule has 0 bridgehead atoms. The Morgan fingerprint density at radius 1 is 1.50 bits per heavy atom. The number of carbonyl (C=O) groups is 2. The Hall–Kier alpha value is -1.00. The van der Waals surface area contributed by atoms with Crippen molar-refractivity contribution in [2.75, 3.05) is 6.66 Å². The predicted octanol–water partition coefficient (Wildman–Crippen LogP) is 0.303. The fourth-order valence-corrected chi connectivity index (χ4v) is 1.03. The molecule has 7 heteroatoms. The van der Waals surface area contributed by atoms with E-state index in [1.165, 1.54) is 0 Å². The van der Waals surface area contributed by atoms with Crippen LogP contribution in [0.1, 0.15) is 6.42 Å². The molecule has 0 saturated carbocycles. The molecule has 0 aromatic carbocycles. The molecule has 0 heterocycles. The standard InChI is InChI=1S/C5H7O6P/c1-12(10)11-3(5(8)9)2-4(6)7/h3H,2H2,1H3,(H-,6,7,8,9)/p+1. The zero-order chi connectivity index (χ0) is 9.72. The number of hydrogen-bond donors (Lipinski definition) is 2. The van der Waals surface area contributed by atoms with E-state index in [1.807, 2.05) is 0 Å². The average Bonchev–Trinajstić information content (AvgIpc) is 1.83. The largest absolute Gasteiger partial charge is 0.505 e. The van der Waals surface area contributed by atoms with Crippen LogP contribution in [0, 0.1) is 0 Å². The van der Waals surface area contributed by atoms with Gasteiger partial charge in [-0.1, -0.05) is 0 Å². The third-order valence-electron chi connectivity index (χ3n) is 0.911. The smallest absolute Gasteiger partial charge is 0.481 e. The van der Waals surface area contributed by atoms with Crippen LogP contribution in [0.3, 0.4) is 0 Å². The van der Waals surface area contributed by atoms with Crippen molar-refractivity contribution in [3.8, 4) is 0 Å². The molecule has 0 aliphatic heterocycles. The normalized spacial score (nSPS) is 13.6. The van der Waals surface area contributed by atoms with Crippen LogP contribution in [0.5, 0.6) is 0 Å². The molecule has 0 fully saturated rings. The highest BCUT2D eigenvalue weighted by atomic mass is 31.1. The molecule has 6 nitrogen and oxygen atoms in total. The van der Waals surface area contributed by atoms with Crippen molar-refractivity contribution in [1.29, 1.82) is 0 Å². The Bertz CT molecular complexity index is 196. The highest BCUT2D eigenvalue weighted by Gasteiger charge is 2.29. The maximum absolute atomic E-state index is 10.4. The van der Waals surface area contributed by atoms with Gasteiger partial charge in [-0.2, -0.15) is 0 Å². The van der Waals surface area contributed by atoms with Gasteiger partial charge in [-0.15, -0.1) is 4.52 Å². The van der Waals surface area contributed by atoms with Crippen molar-refractivity contribution in [2.24, 2.45) is 0 Å². The van der Waals surface area contributed by atoms with E-state index in [-0.39, 0.29) is 0 Å². The molecule has 68 valence electrons. The Balaban J connectivity index is 4.14. The quantitative estimate of drug-likeness (QED) is 0.612. The first-order chi connectivity index (χ1) is 5.43. The van der Waals surface area contributed by atoms with Crippen LogP contribution in [0.2, 0.25) is 0 Å². The molecule has 0 spiro atoms. The Kier molecular flexibility index (Phi) is 4.39. The molecule has 2 unspecified atom stereocenters. The number of aliphatic carboxylic acids is 2. The minimum Gasteiger partial charge on any atom is -0.481 e. The van der Waals surface area contributed by atoms with Crippen molar-refractivity contribution in [3.05, 3.63) is 0 Å². The molecule has 0 aliphatic carbocycles. The summed E-state index contributed by atoms with van der Waals surface area (Å²) in [5.74, 6) is -2.73. The van der Waals surface area contributed by atoms with Gasteiger partial charge >= 0.3 is 20.0 Å². The topological polar surface area (TPSA) is 101 Å². The fourth-order valence-electron chi connectivity index (χ4n) is 0.507. The molecular weight excluding hydrogens is 187 g/mol. The minimum absolute atomic E-state index is 0.690. The third kappa shape index (κ3) is 4.76. The van der Waals surface area contributed by atoms with Gasteiger partial charge in [0.15, 0.2) is 6.66 Å². The van der Waals surface area contributed by atoms with E-state index in [0.717, 1.165) is 6.66 Å². The second-order valence-corrected chi connectivity index (χ2v) is 3.06. The highest BCUT2D eigenvalue weighted by Crippen LogP contribution is 2.20. The Morgan fingerprint density at radius 3 is 2.25 bits per heavy atom. The highest BCUT2D eigenvalue weighted by molar-refractivity contribution is 7.38. The summed E-state index contributed by atoms with van der Waals surface area (Å²) >= 11 is 0. The third-order valence-corrected chi connectivity index (χ3v) is 1.46. The van der Waals surface area contributed by atoms with Crippen LogP contribution in [0.4, 0.5) is 0 Å². The van der Waals surface area contributed by atoms with E-state index in [0.29, 0.717) is 0 Å². The summed E-state index contributed by atoms with van der Waals surface area (Å²) in [5, 5.41) is 16.6. The zero-order valence-corrected chi connectivity index (χ0v) is 7.15. The van der Waals surface area contributed by atoms with Crippen LogP contribution in [-0.4, -0.2) is 34.9 Å². The monoisotopic (exact) mass is 195 g/mol. The average molecular weight is 195 g/mol. The Morgan fingerprint density at radius 2 is 2.00 bits per heavy atom. The van der Waals surface area contributed by atoms with Crippen molar-refractivity contribution in [2.45, 2.75) is 12.5 Å². The lowest BCUT2D eigenvalue weighted by Gasteiger charge is -2.00. The summed E-state index contributed by atoms with van der Waals surface area (Å²) in [6.07, 6.45) is -2.22. The Labute approximate surface area is 69.0 Å². The molecule has 12 heavy (non-hydrogen) atoms. The van der Waals surface area contributed by atoms with Crippen LogP contribution < -0.4 is 0 Å². The van der Waals surface area contributed by atoms with E-state index in [1.54, 1.807) is 0 Å². The van der Waals surface area contributed by atoms with Gasteiger partial charge in [-0.25, -0.2) is 4.79 Å². The van der Waals surface area contributed by atoms with Gasteiger partial charge in [-0.3, -0.25) is 4.79 Å². The molecule has 0 saturated heterocycles. The van der Waals surface area contributed by atoms with Crippen LogP contribution in [-0.2, 0) is 18.7 Å². The number of carboxylic acids is 2. The van der Waals surface area contributed by atoms with Crippen LogP contribution >= 0.6 is 8.03 Å². The second kappa shape index (κ2) is 4.79. The molecule has 0 aromatic rings. The lowest BCUT2D eigenvalue weighted by Crippen LogP contribution is -2.24. The van der Waals surface area contributed by atoms with E-state index in [9.17, 15) is 14.2 Å². The first-order valence-corrected chi connectivity index (χ1v) is 4.58. The van der Waals surface area contributed by atoms with Gasteiger partial charge in [0, 0.05) is 0 Å². The fraction of sp³-hybridized carbons (Fsp3) is 0.600. The van der Waals surface area contributed by atoms with Crippen LogP contribution in [0.15, 0.2) is 0 Å². The minimum atomic E-state index is -2.10. The van der Waals surface area contributed by atoms with Gasteiger partial charge in [-0.05, 0) is 4.57 Å². The van der Waals surface area contributed by atoms with E-state index in [2.05, 4.69) is 4.52 Å². The van der Waals surface area contributed by atoms with E-state index >= 15 is 0 Å². The number of rotatable bonds is 5. The van der Waals surface area contributed by atoms with Gasteiger partial charge in [0.25, 0.3) is 0 Å². The van der Waals surface area contributed by atoms with Crippen molar-refractivity contribution in [1.82, 2.24) is 0 Å². The van der Waals surface area contributed by atoms with Crippen molar-refractivity contribution in [3.63, 3.8) is 0 Å². The van der Waals surface area contributed by atoms with E-state index < -0.39 is 32.5 Å². The molecule has 0 aliphatic rings. The summed E-state index contributed by atoms with van der Waals surface area (Å²) in [6.45, 7) is 1.16. The van der Waals surface area contributed by atoms with E-state index in [4.69, 9.17) is 10.2 Å². The summed E-state index contributed by atoms with van der Waals surface area (Å²) in [4.78, 5) is 20.3. The van der Waals surface area contributed by atoms with Gasteiger partial charge in [0.2, 0.25) is 6.10 Å². The molecule has 0 radical (unpaired) electrons. The zero-order valence-electron chi connectivity index (χ0n) is 6.26. The number of carboxylic acid groups (broad SMARTS) is 2. The lowest BCUT2D eigenvalue weighted by atomic mass is 10.3. The van der Waals surface area contributed by atoms with Crippen molar-refractivity contribution < 1.29 is 28.9 Å². The first-order valence-electron chi connectivity index (χ1n) is 2.95. The summed E-state index contributed by atoms with van der Waals surface area (Å²) in [5.41, 5.74) is 0. The molecular formula is C5H8O6P+. The summed E-state index contributed by atoms with van der Waals surface area (Å²) in [7, 11) is -2.10. The van der Waals surface area contributed by atoms with Gasteiger partial charge in [0.1, 0.15) is 0 Å². The molecule has 0 amide bonds. The molecule has 0 rings (SSSR count). The maximum atomic E-state index is 10.4. The lowest BCUT2D eigenvalue weighted by molar-refractivity contribution is -0.151. The second-order valence-electron chi connectivity index (χ2n) is 1.97. The molecule has 0 aromatic heterocycles. The maximum Gasteiger partial charge on any atom is 0.505 e.